The molecule has 0 aromatic heterocycles. The Morgan fingerprint density at radius 3 is 1.42 bits per heavy atom. The predicted octanol–water partition coefficient (Wildman–Crippen LogP) is 0.0812. The summed E-state index contributed by atoms with van der Waals surface area (Å²) in [5.41, 5.74) is 0. The van der Waals surface area contributed by atoms with Crippen LogP contribution < -0.4 is 9.79 Å². The summed E-state index contributed by atoms with van der Waals surface area (Å²) in [4.78, 5) is 21.5. The lowest BCUT2D eigenvalue weighted by molar-refractivity contribution is -0.222. The molecule has 0 saturated carbocycles. The molecule has 0 radical (unpaired) electrons. The summed E-state index contributed by atoms with van der Waals surface area (Å²) < 4.78 is 29.6. The maximum Gasteiger partial charge on any atom is 0.206 e. The Labute approximate surface area is 70.5 Å². The lowest BCUT2D eigenvalue weighted by Gasteiger charge is -2.34. The zero-order valence-electron chi connectivity index (χ0n) is 6.76. The molecule has 0 aliphatic carbocycles. The fraction of sp³-hybridized carbons (Fsp3) is 1.00. The Hall–Kier alpha value is 0.300. The van der Waals surface area contributed by atoms with Crippen LogP contribution >= 0.6 is 14.6 Å². The summed E-state index contributed by atoms with van der Waals surface area (Å²) in [5, 5.41) is 0. The third-order valence-corrected chi connectivity index (χ3v) is 5.15. The van der Waals surface area contributed by atoms with E-state index in [9.17, 15) is 18.9 Å². The second-order valence-corrected chi connectivity index (χ2v) is 7.10. The van der Waals surface area contributed by atoms with Crippen molar-refractivity contribution in [3.8, 4) is 0 Å². The monoisotopic (exact) mass is 216 g/mol. The molecule has 0 aromatic carbocycles. The van der Waals surface area contributed by atoms with Crippen molar-refractivity contribution in [2.45, 2.75) is 13.8 Å². The zero-order valence-corrected chi connectivity index (χ0v) is 8.55. The van der Waals surface area contributed by atoms with Crippen LogP contribution in [0.1, 0.15) is 13.8 Å². The average molecular weight is 216 g/mol. The average Bonchev–Trinajstić information content (AvgIpc) is 1.86. The van der Waals surface area contributed by atoms with Crippen LogP contribution in [0.25, 0.3) is 0 Å². The molecule has 0 aromatic rings. The Kier molecular flexibility index (Phi) is 4.62. The van der Waals surface area contributed by atoms with E-state index in [-0.39, 0.29) is 13.2 Å². The van der Waals surface area contributed by atoms with Crippen LogP contribution in [0.15, 0.2) is 0 Å². The minimum Gasteiger partial charge on any atom is -0.772 e. The van der Waals surface area contributed by atoms with Gasteiger partial charge in [-0.1, -0.05) is 0 Å². The van der Waals surface area contributed by atoms with Gasteiger partial charge in [0, 0.05) is 0 Å². The molecule has 0 rings (SSSR count). The quantitative estimate of drug-likeness (QED) is 0.603. The van der Waals surface area contributed by atoms with E-state index in [1.54, 1.807) is 0 Å². The van der Waals surface area contributed by atoms with Gasteiger partial charge in [-0.25, -0.2) is 0 Å². The van der Waals surface area contributed by atoms with E-state index in [1.165, 1.54) is 13.8 Å². The molecular formula is C4H10O6P2-2. The summed E-state index contributed by atoms with van der Waals surface area (Å²) in [6, 6.07) is 0. The van der Waals surface area contributed by atoms with Gasteiger partial charge >= 0.3 is 0 Å². The van der Waals surface area contributed by atoms with Crippen molar-refractivity contribution >= 4 is 14.6 Å². The molecule has 0 heterocycles. The summed E-state index contributed by atoms with van der Waals surface area (Å²) >= 11 is 0. The standard InChI is InChI=1S/C4H12O6P2/c1-3-9-11(5,6)12(7,8)10-4-2/h3-4H2,1-2H3,(H,5,6)(H,7,8)/p-2. The van der Waals surface area contributed by atoms with E-state index in [4.69, 9.17) is 0 Å². The fourth-order valence-corrected chi connectivity index (χ4v) is 2.94. The van der Waals surface area contributed by atoms with Gasteiger partial charge in [0.1, 0.15) is 0 Å². The van der Waals surface area contributed by atoms with Crippen LogP contribution in [0, 0.1) is 0 Å². The minimum absolute atomic E-state index is 0.222. The molecular weight excluding hydrogens is 206 g/mol. The lowest BCUT2D eigenvalue weighted by atomic mass is 10.9. The molecule has 0 aliphatic rings. The molecule has 8 heteroatoms. The van der Waals surface area contributed by atoms with Gasteiger partial charge in [0.25, 0.3) is 0 Å². The maximum absolute atomic E-state index is 10.7. The highest BCUT2D eigenvalue weighted by atomic mass is 32.1. The summed E-state index contributed by atoms with van der Waals surface area (Å²) in [7, 11) is -9.77. The third kappa shape index (κ3) is 2.98. The van der Waals surface area contributed by atoms with Crippen molar-refractivity contribution in [2.75, 3.05) is 13.2 Å². The molecule has 0 spiro atoms. The topological polar surface area (TPSA) is 98.7 Å². The smallest absolute Gasteiger partial charge is 0.206 e. The van der Waals surface area contributed by atoms with E-state index < -0.39 is 14.6 Å². The highest BCUT2D eigenvalue weighted by Crippen LogP contribution is 2.72. The number of hydrogen-bond donors (Lipinski definition) is 0. The highest BCUT2D eigenvalue weighted by molar-refractivity contribution is 8.25. The Morgan fingerprint density at radius 1 is 1.00 bits per heavy atom. The Bertz CT molecular complexity index is 202. The first kappa shape index (κ1) is 12.3. The van der Waals surface area contributed by atoms with E-state index in [2.05, 4.69) is 9.05 Å². The summed E-state index contributed by atoms with van der Waals surface area (Å²) in [6.07, 6.45) is 0. The molecule has 2 unspecified atom stereocenters. The molecule has 6 nitrogen and oxygen atoms in total. The van der Waals surface area contributed by atoms with E-state index >= 15 is 0 Å². The van der Waals surface area contributed by atoms with Gasteiger partial charge in [-0.15, -0.1) is 0 Å². The van der Waals surface area contributed by atoms with Gasteiger partial charge in [0.2, 0.25) is 14.6 Å². The molecule has 74 valence electrons. The van der Waals surface area contributed by atoms with E-state index in [0.717, 1.165) is 0 Å². The van der Waals surface area contributed by atoms with Crippen molar-refractivity contribution in [1.29, 1.82) is 0 Å². The Morgan fingerprint density at radius 2 is 1.25 bits per heavy atom. The first-order valence-electron chi connectivity index (χ1n) is 3.29. The van der Waals surface area contributed by atoms with Crippen molar-refractivity contribution in [2.24, 2.45) is 0 Å². The summed E-state index contributed by atoms with van der Waals surface area (Å²) in [6.45, 7) is 2.30. The highest BCUT2D eigenvalue weighted by Gasteiger charge is 2.24. The van der Waals surface area contributed by atoms with Crippen molar-refractivity contribution in [3.05, 3.63) is 0 Å². The number of rotatable bonds is 5. The van der Waals surface area contributed by atoms with Crippen LogP contribution in [0.3, 0.4) is 0 Å². The van der Waals surface area contributed by atoms with Crippen molar-refractivity contribution in [1.82, 2.24) is 0 Å². The molecule has 0 bridgehead atoms. The summed E-state index contributed by atoms with van der Waals surface area (Å²) in [5.74, 6) is 0. The second-order valence-electron chi connectivity index (χ2n) is 1.77. The van der Waals surface area contributed by atoms with Gasteiger partial charge in [-0.2, -0.15) is 0 Å². The molecule has 12 heavy (non-hydrogen) atoms. The normalized spacial score (nSPS) is 21.3. The van der Waals surface area contributed by atoms with Gasteiger partial charge in [-0.05, 0) is 13.8 Å². The molecule has 0 fully saturated rings. The largest absolute Gasteiger partial charge is 0.772 e. The molecule has 0 aliphatic heterocycles. The van der Waals surface area contributed by atoms with Crippen molar-refractivity contribution in [3.63, 3.8) is 0 Å². The van der Waals surface area contributed by atoms with Gasteiger partial charge in [0.15, 0.2) is 0 Å². The van der Waals surface area contributed by atoms with E-state index in [1.807, 2.05) is 0 Å². The molecule has 0 N–H and O–H groups in total. The van der Waals surface area contributed by atoms with Gasteiger partial charge in [0.05, 0.1) is 13.2 Å². The van der Waals surface area contributed by atoms with Gasteiger partial charge in [-0.3, -0.25) is 9.13 Å². The fourth-order valence-electron chi connectivity index (χ4n) is 0.468. The zero-order chi connectivity index (χ0) is 9.83. The molecule has 2 atom stereocenters. The Balaban J connectivity index is 4.52. The SMILES string of the molecule is CCOP(=O)([O-])P(=O)([O-])OCC. The first-order valence-corrected chi connectivity index (χ1v) is 7.08. The van der Waals surface area contributed by atoms with Crippen LogP contribution in [-0.2, 0) is 18.2 Å². The molecule has 0 saturated heterocycles. The first-order chi connectivity index (χ1) is 5.37. The van der Waals surface area contributed by atoms with Gasteiger partial charge < -0.3 is 18.8 Å². The maximum atomic E-state index is 10.7. The second kappa shape index (κ2) is 4.51. The van der Waals surface area contributed by atoms with E-state index in [0.29, 0.717) is 0 Å². The third-order valence-electron chi connectivity index (χ3n) is 0.884. The van der Waals surface area contributed by atoms with Crippen molar-refractivity contribution < 1.29 is 28.0 Å². The van der Waals surface area contributed by atoms with Crippen LogP contribution in [0.5, 0.6) is 0 Å². The van der Waals surface area contributed by atoms with Crippen LogP contribution in [0.4, 0.5) is 0 Å². The lowest BCUT2D eigenvalue weighted by Crippen LogP contribution is -2.14. The minimum atomic E-state index is -4.88. The number of hydrogen-bond acceptors (Lipinski definition) is 6. The predicted molar refractivity (Wildman–Crippen MR) is 38.5 cm³/mol. The van der Waals surface area contributed by atoms with Crippen LogP contribution in [0.2, 0.25) is 0 Å². The molecule has 0 amide bonds. The van der Waals surface area contributed by atoms with Crippen LogP contribution in [-0.4, -0.2) is 13.2 Å².